The van der Waals surface area contributed by atoms with Crippen molar-refractivity contribution < 1.29 is 43.6 Å². The fraction of sp³-hybridized carbons (Fsp3) is 0.457. The highest BCUT2D eigenvalue weighted by Gasteiger charge is 2.37. The molecule has 0 spiro atoms. The van der Waals surface area contributed by atoms with Gasteiger partial charge in [-0.05, 0) is 46.6 Å². The van der Waals surface area contributed by atoms with Gasteiger partial charge in [0.15, 0.2) is 0 Å². The van der Waals surface area contributed by atoms with Gasteiger partial charge in [0.05, 0.1) is 45.3 Å². The van der Waals surface area contributed by atoms with E-state index < -0.39 is 64.8 Å². The topological polar surface area (TPSA) is 262 Å². The summed E-state index contributed by atoms with van der Waals surface area (Å²) in [6.45, 7) is 11.2. The lowest BCUT2D eigenvalue weighted by atomic mass is 9.85. The molecule has 66 heavy (non-hydrogen) atoms. The number of carbonyl (C=O) groups is 4. The van der Waals surface area contributed by atoms with E-state index in [-0.39, 0.29) is 42.7 Å². The van der Waals surface area contributed by atoms with Crippen LogP contribution in [0.2, 0.25) is 0 Å². The molecule has 3 heterocycles. The molecule has 358 valence electrons. The molecule has 1 aliphatic rings. The number of ether oxygens (including phenoxy) is 3. The lowest BCUT2D eigenvalue weighted by Gasteiger charge is -2.35. The average molecular weight is 934 g/mol. The number of benzene rings is 2. The molecule has 0 bridgehead atoms. The number of aliphatic hydroxyl groups excluding tert-OH is 2. The van der Waals surface area contributed by atoms with E-state index in [1.807, 2.05) is 93.6 Å². The van der Waals surface area contributed by atoms with Crippen LogP contribution in [0.25, 0.3) is 11.3 Å². The zero-order chi connectivity index (χ0) is 48.6. The summed E-state index contributed by atoms with van der Waals surface area (Å²) in [5.41, 5.74) is 9.60. The van der Waals surface area contributed by atoms with E-state index in [9.17, 15) is 29.1 Å². The van der Waals surface area contributed by atoms with Crippen LogP contribution in [0.3, 0.4) is 0 Å². The van der Waals surface area contributed by atoms with Gasteiger partial charge in [0.2, 0.25) is 5.91 Å². The first kappa shape index (κ1) is 52.6. The predicted molar refractivity (Wildman–Crippen MR) is 250 cm³/mol. The summed E-state index contributed by atoms with van der Waals surface area (Å²) in [4.78, 5) is 71.4. The number of pyridine rings is 1. The van der Waals surface area contributed by atoms with Gasteiger partial charge in [-0.25, -0.2) is 19.4 Å². The summed E-state index contributed by atoms with van der Waals surface area (Å²) in [6.07, 6.45) is 0.810. The van der Waals surface area contributed by atoms with Crippen molar-refractivity contribution in [3.8, 4) is 11.3 Å². The van der Waals surface area contributed by atoms with Gasteiger partial charge in [-0.2, -0.15) is 4.98 Å². The molecular formula is C46H63N9O10S. The fourth-order valence-electron chi connectivity index (χ4n) is 6.71. The number of rotatable bonds is 16. The van der Waals surface area contributed by atoms with E-state index >= 15 is 0 Å². The monoisotopic (exact) mass is 933 g/mol. The molecule has 1 saturated heterocycles. The number of nitrogens with one attached hydrogen (secondary N) is 4. The summed E-state index contributed by atoms with van der Waals surface area (Å²) in [5.74, 6) is -0.827. The third-order valence-electron chi connectivity index (χ3n) is 10.3. The number of carbonyl (C=O) groups excluding carboxylic acids is 4. The Hall–Kier alpha value is -6.06. The molecule has 0 aliphatic carbocycles. The third kappa shape index (κ3) is 16.1. The Labute approximate surface area is 389 Å². The van der Waals surface area contributed by atoms with Gasteiger partial charge in [-0.1, -0.05) is 102 Å². The van der Waals surface area contributed by atoms with Gasteiger partial charge < -0.3 is 46.1 Å². The Kier molecular flexibility index (Phi) is 19.5. The van der Waals surface area contributed by atoms with Crippen LogP contribution >= 0.6 is 11.8 Å². The molecule has 0 radical (unpaired) electrons. The SMILES string of the molecule is COC(=O)N[C@H](C(=O)N[C@@H](Cc1ccccc1)[C@@H](O)CN(Cc1ccc(-c2ccccn2)cc1)NC(=O)[C@@H](NC(=O)OC)C(C)(C)C)C(C)(C)C.Nc1ccn([C@H]2CO[C@@H](CO)S2)c(=O)n1. The first-order chi connectivity index (χ1) is 31.2. The molecule has 8 N–H and O–H groups in total. The molecule has 0 saturated carbocycles. The highest BCUT2D eigenvalue weighted by atomic mass is 32.2. The molecule has 20 heteroatoms. The normalized spacial score (nSPS) is 16.7. The summed E-state index contributed by atoms with van der Waals surface area (Å²) in [6, 6.07) is 21.4. The van der Waals surface area contributed by atoms with Gasteiger partial charge in [0.25, 0.3) is 5.91 Å². The van der Waals surface area contributed by atoms with Crippen LogP contribution in [0.4, 0.5) is 15.4 Å². The van der Waals surface area contributed by atoms with Gasteiger partial charge in [0.1, 0.15) is 28.7 Å². The fourth-order valence-corrected chi connectivity index (χ4v) is 7.75. The van der Waals surface area contributed by atoms with Crippen molar-refractivity contribution in [1.29, 1.82) is 0 Å². The molecule has 2 aromatic heterocycles. The molecule has 4 aromatic rings. The molecule has 5 rings (SSSR count). The number of hydrazine groups is 1. The number of alkyl carbamates (subject to hydrolysis) is 2. The van der Waals surface area contributed by atoms with Crippen molar-refractivity contribution in [2.45, 2.75) is 89.5 Å². The minimum Gasteiger partial charge on any atom is -0.453 e. The van der Waals surface area contributed by atoms with Crippen molar-refractivity contribution in [2.24, 2.45) is 10.8 Å². The standard InChI is InChI=1S/C38H52N6O7.C8H11N3O3S/c1-37(2,3)31(41-35(48)50-7)33(46)40-29(22-25-14-10-9-11-15-25)30(45)24-44(43-34(47)32(38(4,5)6)42-36(49)51-8)23-26-17-19-27(20-18-26)28-16-12-13-21-39-28;9-5-1-2-11(8(13)10-5)6-4-14-7(3-12)15-6/h9-21,29-32,45H,22-24H2,1-8H3,(H,40,46)(H,41,48)(H,42,49)(H,43,47);1-2,6-7,12H,3-4H2,(H2,9,10,13)/t29-,30-,31+,32+;6-,7-/m01/s1. The molecule has 0 unspecified atom stereocenters. The van der Waals surface area contributed by atoms with Gasteiger partial charge in [0, 0.05) is 31.0 Å². The average Bonchev–Trinajstić information content (AvgIpc) is 3.76. The summed E-state index contributed by atoms with van der Waals surface area (Å²) in [7, 11) is 2.44. The van der Waals surface area contributed by atoms with Gasteiger partial charge in [-0.3, -0.25) is 24.6 Å². The Balaban J connectivity index is 0.000000531. The molecule has 1 fully saturated rings. The summed E-state index contributed by atoms with van der Waals surface area (Å²) in [5, 5.41) is 30.3. The Morgan fingerprint density at radius 1 is 0.864 bits per heavy atom. The summed E-state index contributed by atoms with van der Waals surface area (Å²) < 4.78 is 16.2. The van der Waals surface area contributed by atoms with Gasteiger partial charge >= 0.3 is 17.9 Å². The van der Waals surface area contributed by atoms with Crippen molar-refractivity contribution in [3.05, 3.63) is 113 Å². The maximum absolute atomic E-state index is 13.8. The number of amides is 4. The molecule has 2 aromatic carbocycles. The number of hydrogen-bond acceptors (Lipinski definition) is 15. The molecular weight excluding hydrogens is 871 g/mol. The van der Waals surface area contributed by atoms with Crippen molar-refractivity contribution >= 4 is 41.6 Å². The Morgan fingerprint density at radius 3 is 2.00 bits per heavy atom. The van der Waals surface area contributed by atoms with Crippen molar-refractivity contribution in [2.75, 3.05) is 39.7 Å². The Morgan fingerprint density at radius 2 is 1.47 bits per heavy atom. The molecule has 4 amide bonds. The van der Waals surface area contributed by atoms with E-state index in [0.29, 0.717) is 6.61 Å². The third-order valence-corrected chi connectivity index (χ3v) is 11.5. The minimum atomic E-state index is -1.22. The van der Waals surface area contributed by atoms with Gasteiger partial charge in [-0.15, -0.1) is 11.8 Å². The zero-order valence-corrected chi connectivity index (χ0v) is 39.4. The first-order valence-electron chi connectivity index (χ1n) is 21.2. The second-order valence-electron chi connectivity index (χ2n) is 17.6. The van der Waals surface area contributed by atoms with E-state index in [1.54, 1.807) is 44.2 Å². The number of anilines is 1. The van der Waals surface area contributed by atoms with Crippen LogP contribution in [0.15, 0.2) is 96.1 Å². The number of thioether (sulfide) groups is 1. The lowest BCUT2D eigenvalue weighted by molar-refractivity contribution is -0.132. The van der Waals surface area contributed by atoms with Crippen LogP contribution in [-0.4, -0.2) is 117 Å². The number of aromatic nitrogens is 3. The van der Waals surface area contributed by atoms with Crippen molar-refractivity contribution in [3.63, 3.8) is 0 Å². The molecule has 1 aliphatic heterocycles. The number of methoxy groups -OCH3 is 2. The van der Waals surface area contributed by atoms with Crippen LogP contribution in [0.1, 0.15) is 58.0 Å². The smallest absolute Gasteiger partial charge is 0.407 e. The van der Waals surface area contributed by atoms with E-state index in [2.05, 4.69) is 31.3 Å². The highest BCUT2D eigenvalue weighted by molar-refractivity contribution is 8.00. The summed E-state index contributed by atoms with van der Waals surface area (Å²) >= 11 is 1.39. The zero-order valence-electron chi connectivity index (χ0n) is 38.6. The highest BCUT2D eigenvalue weighted by Crippen LogP contribution is 2.34. The van der Waals surface area contributed by atoms with Crippen LogP contribution in [0, 0.1) is 10.8 Å². The first-order valence-corrected chi connectivity index (χ1v) is 22.2. The maximum atomic E-state index is 13.8. The Bertz CT molecular complexity index is 2240. The molecule has 6 atom stereocenters. The number of nitrogens with zero attached hydrogens (tertiary/aromatic N) is 4. The number of nitrogens with two attached hydrogens (primary N) is 1. The van der Waals surface area contributed by atoms with E-state index in [1.165, 1.54) is 30.5 Å². The van der Waals surface area contributed by atoms with Crippen molar-refractivity contribution in [1.82, 2.24) is 40.9 Å². The van der Waals surface area contributed by atoms with E-state index in [0.717, 1.165) is 22.4 Å². The van der Waals surface area contributed by atoms with Crippen LogP contribution in [0.5, 0.6) is 0 Å². The number of hydrogen-bond donors (Lipinski definition) is 7. The minimum absolute atomic E-state index is 0.0572. The second-order valence-corrected chi connectivity index (χ2v) is 18.9. The largest absolute Gasteiger partial charge is 0.453 e. The van der Waals surface area contributed by atoms with E-state index in [4.69, 9.17) is 25.1 Å². The lowest BCUT2D eigenvalue weighted by Crippen LogP contribution is -2.60. The number of aliphatic hydroxyl groups is 2. The second kappa shape index (κ2) is 24.5. The van der Waals surface area contributed by atoms with Crippen LogP contribution < -0.4 is 32.8 Å². The molecule has 19 nitrogen and oxygen atoms in total. The number of nitrogen functional groups attached to an aromatic ring is 1. The predicted octanol–water partition coefficient (Wildman–Crippen LogP) is 3.62. The quantitative estimate of drug-likeness (QED) is 0.0792. The maximum Gasteiger partial charge on any atom is 0.407 e. The van der Waals surface area contributed by atoms with Crippen LogP contribution in [-0.2, 0) is 36.8 Å².